The van der Waals surface area contributed by atoms with Crippen molar-refractivity contribution in [2.75, 3.05) is 12.9 Å². The summed E-state index contributed by atoms with van der Waals surface area (Å²) in [6, 6.07) is 5.69. The summed E-state index contributed by atoms with van der Waals surface area (Å²) in [5.41, 5.74) is 1.97. The molecule has 0 spiro atoms. The molecule has 0 aliphatic carbocycles. The average Bonchev–Trinajstić information content (AvgIpc) is 2.97. The van der Waals surface area contributed by atoms with Crippen LogP contribution in [0.3, 0.4) is 0 Å². The third-order valence-electron chi connectivity index (χ3n) is 2.69. The Balaban J connectivity index is 2.47. The Morgan fingerprint density at radius 3 is 3.00 bits per heavy atom. The zero-order valence-corrected chi connectivity index (χ0v) is 13.1. The maximum absolute atomic E-state index is 6.14. The summed E-state index contributed by atoms with van der Waals surface area (Å²) < 4.78 is 7.78. The van der Waals surface area contributed by atoms with Crippen molar-refractivity contribution in [1.29, 1.82) is 0 Å². The standard InChI is InChI=1S/C15H17ClN2OS/c1-3-8-19-15-5-4-12(16)9-13(15)14(10-20-2)18-7-6-17-11-18/h4-7,9-11H,3,8H2,1-2H3/b14-10+. The molecule has 20 heavy (non-hydrogen) atoms. The first-order chi connectivity index (χ1) is 9.76. The van der Waals surface area contributed by atoms with Gasteiger partial charge in [0, 0.05) is 23.0 Å². The normalized spacial score (nSPS) is 11.7. The molecular weight excluding hydrogens is 292 g/mol. The Bertz CT molecular complexity index is 582. The fraction of sp³-hybridized carbons (Fsp3) is 0.267. The van der Waals surface area contributed by atoms with E-state index in [4.69, 9.17) is 16.3 Å². The van der Waals surface area contributed by atoms with Crippen molar-refractivity contribution in [3.63, 3.8) is 0 Å². The molecule has 0 saturated heterocycles. The second-order valence-corrected chi connectivity index (χ2v) is 5.34. The number of rotatable bonds is 6. The van der Waals surface area contributed by atoms with Crippen LogP contribution in [0.1, 0.15) is 18.9 Å². The van der Waals surface area contributed by atoms with Crippen molar-refractivity contribution in [1.82, 2.24) is 9.55 Å². The smallest absolute Gasteiger partial charge is 0.128 e. The van der Waals surface area contributed by atoms with Gasteiger partial charge in [-0.2, -0.15) is 0 Å². The summed E-state index contributed by atoms with van der Waals surface area (Å²) in [6.45, 7) is 2.77. The van der Waals surface area contributed by atoms with Gasteiger partial charge in [-0.05, 0) is 36.3 Å². The number of hydrogen-bond acceptors (Lipinski definition) is 3. The molecule has 3 nitrogen and oxygen atoms in total. The molecule has 0 unspecified atom stereocenters. The van der Waals surface area contributed by atoms with E-state index in [-0.39, 0.29) is 0 Å². The minimum absolute atomic E-state index is 0.686. The highest BCUT2D eigenvalue weighted by molar-refractivity contribution is 8.01. The Labute approximate surface area is 128 Å². The Morgan fingerprint density at radius 2 is 2.35 bits per heavy atom. The summed E-state index contributed by atoms with van der Waals surface area (Å²) in [5.74, 6) is 0.838. The van der Waals surface area contributed by atoms with Crippen molar-refractivity contribution in [3.05, 3.63) is 52.9 Å². The van der Waals surface area contributed by atoms with E-state index in [0.717, 1.165) is 23.4 Å². The van der Waals surface area contributed by atoms with Crippen LogP contribution >= 0.6 is 23.4 Å². The fourth-order valence-electron chi connectivity index (χ4n) is 1.82. The highest BCUT2D eigenvalue weighted by Crippen LogP contribution is 2.31. The summed E-state index contributed by atoms with van der Waals surface area (Å²) in [5, 5.41) is 2.75. The predicted molar refractivity (Wildman–Crippen MR) is 86.4 cm³/mol. The monoisotopic (exact) mass is 308 g/mol. The molecule has 0 radical (unpaired) electrons. The molecule has 0 amide bonds. The lowest BCUT2D eigenvalue weighted by Gasteiger charge is -2.15. The first-order valence-electron chi connectivity index (χ1n) is 6.40. The lowest BCUT2D eigenvalue weighted by molar-refractivity contribution is 0.316. The molecule has 0 atom stereocenters. The minimum Gasteiger partial charge on any atom is -0.493 e. The molecule has 1 heterocycles. The fourth-order valence-corrected chi connectivity index (χ4v) is 2.46. The third-order valence-corrected chi connectivity index (χ3v) is 3.39. The van der Waals surface area contributed by atoms with Gasteiger partial charge < -0.3 is 9.30 Å². The van der Waals surface area contributed by atoms with E-state index in [0.29, 0.717) is 11.6 Å². The Hall–Kier alpha value is -1.39. The van der Waals surface area contributed by atoms with Crippen molar-refractivity contribution in [2.45, 2.75) is 13.3 Å². The van der Waals surface area contributed by atoms with Crippen LogP contribution in [0.15, 0.2) is 42.3 Å². The summed E-state index contributed by atoms with van der Waals surface area (Å²) in [7, 11) is 0. The van der Waals surface area contributed by atoms with Crippen LogP contribution in [0, 0.1) is 0 Å². The minimum atomic E-state index is 0.686. The molecule has 1 aromatic heterocycles. The molecule has 0 aliphatic rings. The maximum atomic E-state index is 6.14. The van der Waals surface area contributed by atoms with E-state index in [1.54, 1.807) is 24.3 Å². The molecular formula is C15H17ClN2OS. The van der Waals surface area contributed by atoms with E-state index >= 15 is 0 Å². The number of thioether (sulfide) groups is 1. The topological polar surface area (TPSA) is 27.1 Å². The summed E-state index contributed by atoms with van der Waals surface area (Å²) >= 11 is 7.77. The molecule has 0 fully saturated rings. The van der Waals surface area contributed by atoms with E-state index in [1.807, 2.05) is 35.2 Å². The third kappa shape index (κ3) is 3.58. The highest BCUT2D eigenvalue weighted by Gasteiger charge is 2.11. The Kier molecular flexibility index (Phi) is 5.56. The van der Waals surface area contributed by atoms with Crippen LogP contribution in [-0.4, -0.2) is 22.4 Å². The SMILES string of the molecule is CCCOc1ccc(Cl)cc1/C(=C\SC)n1ccnc1. The van der Waals surface area contributed by atoms with Crippen LogP contribution in [0.2, 0.25) is 5.02 Å². The van der Waals surface area contributed by atoms with Gasteiger partial charge in [-0.1, -0.05) is 18.5 Å². The van der Waals surface area contributed by atoms with Crippen LogP contribution in [0.5, 0.6) is 5.75 Å². The van der Waals surface area contributed by atoms with E-state index in [1.165, 1.54) is 0 Å². The van der Waals surface area contributed by atoms with Gasteiger partial charge in [0.25, 0.3) is 0 Å². The van der Waals surface area contributed by atoms with Crippen molar-refractivity contribution in [3.8, 4) is 5.75 Å². The quantitative estimate of drug-likeness (QED) is 0.784. The first-order valence-corrected chi connectivity index (χ1v) is 8.07. The van der Waals surface area contributed by atoms with Crippen molar-refractivity contribution >= 4 is 29.1 Å². The molecule has 5 heteroatoms. The zero-order valence-electron chi connectivity index (χ0n) is 11.5. The van der Waals surface area contributed by atoms with Gasteiger partial charge >= 0.3 is 0 Å². The lowest BCUT2D eigenvalue weighted by atomic mass is 10.1. The van der Waals surface area contributed by atoms with Crippen LogP contribution in [0.25, 0.3) is 5.70 Å². The highest BCUT2D eigenvalue weighted by atomic mass is 35.5. The van der Waals surface area contributed by atoms with Gasteiger partial charge in [0.15, 0.2) is 0 Å². The molecule has 2 aromatic rings. The van der Waals surface area contributed by atoms with E-state index < -0.39 is 0 Å². The predicted octanol–water partition coefficient (Wildman–Crippen LogP) is 4.54. The second kappa shape index (κ2) is 7.41. The van der Waals surface area contributed by atoms with Gasteiger partial charge in [0.05, 0.1) is 18.6 Å². The molecule has 2 rings (SSSR count). The molecule has 1 aromatic carbocycles. The van der Waals surface area contributed by atoms with Gasteiger partial charge in [0.2, 0.25) is 0 Å². The second-order valence-electron chi connectivity index (χ2n) is 4.20. The average molecular weight is 309 g/mol. The summed E-state index contributed by atoms with van der Waals surface area (Å²) in [4.78, 5) is 4.10. The largest absolute Gasteiger partial charge is 0.493 e. The zero-order chi connectivity index (χ0) is 14.4. The van der Waals surface area contributed by atoms with Gasteiger partial charge in [-0.25, -0.2) is 4.98 Å². The lowest BCUT2D eigenvalue weighted by Crippen LogP contribution is -2.02. The molecule has 0 aliphatic heterocycles. The van der Waals surface area contributed by atoms with Crippen molar-refractivity contribution in [2.24, 2.45) is 0 Å². The molecule has 0 bridgehead atoms. The van der Waals surface area contributed by atoms with Crippen LogP contribution < -0.4 is 4.74 Å². The number of ether oxygens (including phenoxy) is 1. The van der Waals surface area contributed by atoms with Crippen LogP contribution in [0.4, 0.5) is 0 Å². The van der Waals surface area contributed by atoms with Gasteiger partial charge in [-0.15, -0.1) is 11.8 Å². The number of imidazole rings is 1. The Morgan fingerprint density at radius 1 is 1.50 bits per heavy atom. The molecule has 0 N–H and O–H groups in total. The van der Waals surface area contributed by atoms with Gasteiger partial charge in [0.1, 0.15) is 5.75 Å². The number of halogens is 1. The van der Waals surface area contributed by atoms with Crippen LogP contribution in [-0.2, 0) is 0 Å². The molecule has 106 valence electrons. The number of nitrogens with zero attached hydrogens (tertiary/aromatic N) is 2. The molecule has 0 saturated carbocycles. The van der Waals surface area contributed by atoms with Crippen molar-refractivity contribution < 1.29 is 4.74 Å². The van der Waals surface area contributed by atoms with E-state index in [2.05, 4.69) is 17.3 Å². The number of benzene rings is 1. The maximum Gasteiger partial charge on any atom is 0.128 e. The number of hydrogen-bond donors (Lipinski definition) is 0. The number of aromatic nitrogens is 2. The van der Waals surface area contributed by atoms with E-state index in [9.17, 15) is 0 Å². The summed E-state index contributed by atoms with van der Waals surface area (Å²) in [6.07, 6.45) is 8.42. The van der Waals surface area contributed by atoms with Gasteiger partial charge in [-0.3, -0.25) is 0 Å². The first kappa shape index (κ1) is 15.0.